The zero-order chi connectivity index (χ0) is 27.3. The van der Waals surface area contributed by atoms with Gasteiger partial charge in [0.25, 0.3) is 0 Å². The normalized spacial score (nSPS) is 15.6. The van der Waals surface area contributed by atoms with Gasteiger partial charge in [0.2, 0.25) is 11.9 Å². The molecule has 2 aliphatic heterocycles. The number of anilines is 2. The summed E-state index contributed by atoms with van der Waals surface area (Å²) in [6, 6.07) is 14.2. The molecule has 1 amide bonds. The van der Waals surface area contributed by atoms with Gasteiger partial charge < -0.3 is 24.2 Å². The number of nitrogens with zero attached hydrogens (tertiary/aromatic N) is 7. The monoisotopic (exact) mass is 539 g/mol. The van der Waals surface area contributed by atoms with Gasteiger partial charge in [0.15, 0.2) is 11.5 Å². The molecule has 0 aliphatic carbocycles. The summed E-state index contributed by atoms with van der Waals surface area (Å²) in [7, 11) is 1.62. The molecule has 0 N–H and O–H groups in total. The van der Waals surface area contributed by atoms with Crippen molar-refractivity contribution < 1.29 is 14.3 Å². The van der Waals surface area contributed by atoms with Crippen molar-refractivity contribution in [1.29, 1.82) is 0 Å². The van der Waals surface area contributed by atoms with Crippen molar-refractivity contribution in [1.82, 2.24) is 24.8 Å². The van der Waals surface area contributed by atoms with E-state index >= 15 is 0 Å². The number of amides is 1. The summed E-state index contributed by atoms with van der Waals surface area (Å²) in [5, 5.41) is 0.908. The van der Waals surface area contributed by atoms with Gasteiger partial charge in [-0.05, 0) is 23.6 Å². The number of ether oxygens (including phenoxy) is 2. The molecule has 2 aliphatic rings. The standard InChI is InChI=1S/C30H33N7O3/c1-39-26-18-25-24(17-27(26)40-15-14-35-9-5-8-28(35)38)29(34-21-33-25)36-10-12-37(13-11-36)30-31-19-23(20-32-30)16-22-6-3-2-4-7-22/h2-4,6-7,17-21H,5,8-16H2,1H3. The van der Waals surface area contributed by atoms with Crippen LogP contribution in [0.25, 0.3) is 10.9 Å². The Balaban J connectivity index is 1.12. The lowest BCUT2D eigenvalue weighted by atomic mass is 10.1. The molecule has 0 spiro atoms. The topological polar surface area (TPSA) is 96.8 Å². The van der Waals surface area contributed by atoms with Gasteiger partial charge in [-0.15, -0.1) is 0 Å². The van der Waals surface area contributed by atoms with Crippen molar-refractivity contribution in [3.8, 4) is 11.5 Å². The van der Waals surface area contributed by atoms with E-state index in [1.165, 1.54) is 5.56 Å². The summed E-state index contributed by atoms with van der Waals surface area (Å²) in [6.07, 6.45) is 7.80. The second-order valence-corrected chi connectivity index (χ2v) is 10.1. The molecule has 0 bridgehead atoms. The fourth-order valence-electron chi connectivity index (χ4n) is 5.33. The third-order valence-electron chi connectivity index (χ3n) is 7.49. The van der Waals surface area contributed by atoms with Crippen molar-refractivity contribution in [3.63, 3.8) is 0 Å². The number of carbonyl (C=O) groups is 1. The van der Waals surface area contributed by atoms with Crippen LogP contribution in [0.15, 0.2) is 61.2 Å². The van der Waals surface area contributed by atoms with Crippen molar-refractivity contribution in [2.75, 3.05) is 62.8 Å². The Labute approximate surface area is 233 Å². The van der Waals surface area contributed by atoms with Crippen LogP contribution in [0, 0.1) is 0 Å². The highest BCUT2D eigenvalue weighted by atomic mass is 16.5. The second-order valence-electron chi connectivity index (χ2n) is 10.1. The van der Waals surface area contributed by atoms with Gasteiger partial charge in [0.05, 0.1) is 19.2 Å². The van der Waals surface area contributed by atoms with Crippen LogP contribution in [0.2, 0.25) is 0 Å². The Morgan fingerprint density at radius 1 is 0.850 bits per heavy atom. The summed E-state index contributed by atoms with van der Waals surface area (Å²) in [4.78, 5) is 36.7. The molecular formula is C30H33N7O3. The average Bonchev–Trinajstić information content (AvgIpc) is 3.41. The van der Waals surface area contributed by atoms with Crippen LogP contribution in [0.4, 0.5) is 11.8 Å². The molecule has 2 saturated heterocycles. The number of hydrogen-bond acceptors (Lipinski definition) is 9. The third-order valence-corrected chi connectivity index (χ3v) is 7.49. The van der Waals surface area contributed by atoms with E-state index in [0.717, 1.165) is 73.8 Å². The predicted octanol–water partition coefficient (Wildman–Crippen LogP) is 3.35. The largest absolute Gasteiger partial charge is 0.493 e. The molecule has 4 aromatic rings. The Bertz CT molecular complexity index is 1460. The number of aromatic nitrogens is 4. The van der Waals surface area contributed by atoms with Crippen LogP contribution in [0.3, 0.4) is 0 Å². The van der Waals surface area contributed by atoms with Crippen molar-refractivity contribution in [2.24, 2.45) is 0 Å². The predicted molar refractivity (Wildman–Crippen MR) is 153 cm³/mol. The molecule has 10 heteroatoms. The summed E-state index contributed by atoms with van der Waals surface area (Å²) < 4.78 is 11.7. The van der Waals surface area contributed by atoms with Crippen LogP contribution < -0.4 is 19.3 Å². The molecule has 6 rings (SSSR count). The van der Waals surface area contributed by atoms with E-state index in [1.807, 2.05) is 47.6 Å². The van der Waals surface area contributed by atoms with E-state index in [-0.39, 0.29) is 5.91 Å². The Kier molecular flexibility index (Phi) is 7.56. The highest BCUT2D eigenvalue weighted by molar-refractivity contribution is 5.92. The van der Waals surface area contributed by atoms with E-state index in [0.29, 0.717) is 31.1 Å². The molecule has 2 aromatic heterocycles. The Morgan fingerprint density at radius 2 is 1.62 bits per heavy atom. The smallest absolute Gasteiger partial charge is 0.225 e. The zero-order valence-electron chi connectivity index (χ0n) is 22.7. The maximum Gasteiger partial charge on any atom is 0.225 e. The fourth-order valence-corrected chi connectivity index (χ4v) is 5.33. The Hall–Kier alpha value is -4.47. The van der Waals surface area contributed by atoms with Gasteiger partial charge in [-0.3, -0.25) is 4.79 Å². The summed E-state index contributed by atoms with van der Waals surface area (Å²) in [5.74, 6) is 3.05. The number of piperazine rings is 1. The van der Waals surface area contributed by atoms with E-state index in [9.17, 15) is 4.79 Å². The van der Waals surface area contributed by atoms with Crippen LogP contribution in [-0.4, -0.2) is 83.7 Å². The van der Waals surface area contributed by atoms with Gasteiger partial charge in [-0.1, -0.05) is 30.3 Å². The van der Waals surface area contributed by atoms with Crippen LogP contribution >= 0.6 is 0 Å². The number of methoxy groups -OCH3 is 1. The lowest BCUT2D eigenvalue weighted by Crippen LogP contribution is -2.47. The molecule has 2 fully saturated rings. The molecule has 4 heterocycles. The summed E-state index contributed by atoms with van der Waals surface area (Å²) in [5.41, 5.74) is 3.14. The molecule has 2 aromatic carbocycles. The first-order chi connectivity index (χ1) is 19.7. The van der Waals surface area contributed by atoms with Gasteiger partial charge in [0.1, 0.15) is 18.8 Å². The van der Waals surface area contributed by atoms with E-state index < -0.39 is 0 Å². The molecule has 10 nitrogen and oxygen atoms in total. The minimum atomic E-state index is 0.192. The van der Waals surface area contributed by atoms with Gasteiger partial charge in [-0.25, -0.2) is 19.9 Å². The molecule has 0 saturated carbocycles. The lowest BCUT2D eigenvalue weighted by Gasteiger charge is -2.35. The lowest BCUT2D eigenvalue weighted by molar-refractivity contribution is -0.128. The number of hydrogen-bond donors (Lipinski definition) is 0. The van der Waals surface area contributed by atoms with Gasteiger partial charge >= 0.3 is 0 Å². The molecule has 0 atom stereocenters. The molecule has 0 unspecified atom stereocenters. The Morgan fingerprint density at radius 3 is 2.35 bits per heavy atom. The number of rotatable bonds is 9. The fraction of sp³-hybridized carbons (Fsp3) is 0.367. The van der Waals surface area contributed by atoms with Gasteiger partial charge in [-0.2, -0.15) is 0 Å². The number of benzene rings is 2. The highest BCUT2D eigenvalue weighted by Crippen LogP contribution is 2.35. The van der Waals surface area contributed by atoms with E-state index in [1.54, 1.807) is 13.4 Å². The van der Waals surface area contributed by atoms with Crippen molar-refractivity contribution >= 4 is 28.6 Å². The van der Waals surface area contributed by atoms with E-state index in [4.69, 9.17) is 9.47 Å². The first kappa shape index (κ1) is 25.8. The molecule has 0 radical (unpaired) electrons. The van der Waals surface area contributed by atoms with Gasteiger partial charge in [0, 0.05) is 69.4 Å². The third kappa shape index (κ3) is 5.61. The maximum absolute atomic E-state index is 11.9. The second kappa shape index (κ2) is 11.7. The molecule has 40 heavy (non-hydrogen) atoms. The SMILES string of the molecule is COc1cc2ncnc(N3CCN(c4ncc(Cc5ccccc5)cn4)CC3)c2cc1OCCN1CCCC1=O. The number of fused-ring (bicyclic) bond motifs is 1. The molecule has 206 valence electrons. The average molecular weight is 540 g/mol. The summed E-state index contributed by atoms with van der Waals surface area (Å²) >= 11 is 0. The van der Waals surface area contributed by atoms with E-state index in [2.05, 4.69) is 41.9 Å². The number of carbonyl (C=O) groups excluding carboxylic acids is 1. The van der Waals surface area contributed by atoms with Crippen LogP contribution in [0.1, 0.15) is 24.0 Å². The highest BCUT2D eigenvalue weighted by Gasteiger charge is 2.23. The maximum atomic E-state index is 11.9. The van der Waals surface area contributed by atoms with Crippen molar-refractivity contribution in [3.05, 3.63) is 72.3 Å². The van der Waals surface area contributed by atoms with Crippen LogP contribution in [-0.2, 0) is 11.2 Å². The zero-order valence-corrected chi connectivity index (χ0v) is 22.7. The first-order valence-electron chi connectivity index (χ1n) is 13.8. The van der Waals surface area contributed by atoms with Crippen molar-refractivity contribution in [2.45, 2.75) is 19.3 Å². The molecular weight excluding hydrogens is 506 g/mol. The van der Waals surface area contributed by atoms with Crippen LogP contribution in [0.5, 0.6) is 11.5 Å². The quantitative estimate of drug-likeness (QED) is 0.317. The minimum Gasteiger partial charge on any atom is -0.493 e. The first-order valence-corrected chi connectivity index (χ1v) is 13.8. The number of likely N-dealkylation sites (tertiary alicyclic amines) is 1. The summed E-state index contributed by atoms with van der Waals surface area (Å²) in [6.45, 7) is 4.89. The minimum absolute atomic E-state index is 0.192.